The zero-order chi connectivity index (χ0) is 8.15. The summed E-state index contributed by atoms with van der Waals surface area (Å²) in [7, 11) is 0. The SMILES string of the molecule is CC(C)C(C)NCC(F)F. The lowest BCUT2D eigenvalue weighted by atomic mass is 10.1. The van der Waals surface area contributed by atoms with Gasteiger partial charge < -0.3 is 5.32 Å². The zero-order valence-corrected chi connectivity index (χ0v) is 6.70. The predicted octanol–water partition coefficient (Wildman–Crippen LogP) is 1.89. The lowest BCUT2D eigenvalue weighted by Gasteiger charge is -2.16. The van der Waals surface area contributed by atoms with E-state index < -0.39 is 6.43 Å². The van der Waals surface area contributed by atoms with Gasteiger partial charge in [-0.25, -0.2) is 8.78 Å². The van der Waals surface area contributed by atoms with Gasteiger partial charge >= 0.3 is 0 Å². The minimum Gasteiger partial charge on any atom is -0.309 e. The van der Waals surface area contributed by atoms with E-state index in [-0.39, 0.29) is 12.6 Å². The maximum atomic E-state index is 11.6. The first-order chi connectivity index (χ1) is 4.54. The van der Waals surface area contributed by atoms with Crippen molar-refractivity contribution in [1.29, 1.82) is 0 Å². The monoisotopic (exact) mass is 151 g/mol. The molecule has 0 spiro atoms. The molecule has 0 bridgehead atoms. The van der Waals surface area contributed by atoms with E-state index in [2.05, 4.69) is 5.32 Å². The smallest absolute Gasteiger partial charge is 0.250 e. The van der Waals surface area contributed by atoms with Crippen LogP contribution in [0.1, 0.15) is 20.8 Å². The summed E-state index contributed by atoms with van der Waals surface area (Å²) in [6.45, 7) is 5.72. The third kappa shape index (κ3) is 4.68. The molecule has 0 heterocycles. The van der Waals surface area contributed by atoms with Crippen LogP contribution < -0.4 is 5.32 Å². The fourth-order valence-corrected chi connectivity index (χ4v) is 0.511. The Balaban J connectivity index is 3.30. The molecule has 0 aromatic rings. The summed E-state index contributed by atoms with van der Waals surface area (Å²) in [6.07, 6.45) is -2.24. The maximum Gasteiger partial charge on any atom is 0.250 e. The van der Waals surface area contributed by atoms with Crippen molar-refractivity contribution >= 4 is 0 Å². The van der Waals surface area contributed by atoms with Crippen molar-refractivity contribution in [2.75, 3.05) is 6.54 Å². The van der Waals surface area contributed by atoms with Gasteiger partial charge in [-0.3, -0.25) is 0 Å². The van der Waals surface area contributed by atoms with Crippen LogP contribution in [0.25, 0.3) is 0 Å². The topological polar surface area (TPSA) is 12.0 Å². The zero-order valence-electron chi connectivity index (χ0n) is 6.70. The number of hydrogen-bond donors (Lipinski definition) is 1. The van der Waals surface area contributed by atoms with E-state index >= 15 is 0 Å². The standard InChI is InChI=1S/C7H15F2N/c1-5(2)6(3)10-4-7(8)9/h5-7,10H,4H2,1-3H3. The molecule has 1 nitrogen and oxygen atoms in total. The molecule has 0 aliphatic rings. The van der Waals surface area contributed by atoms with Gasteiger partial charge in [-0.2, -0.15) is 0 Å². The van der Waals surface area contributed by atoms with Gasteiger partial charge in [-0.05, 0) is 12.8 Å². The molecule has 0 saturated heterocycles. The summed E-state index contributed by atoms with van der Waals surface area (Å²) in [5, 5.41) is 2.73. The van der Waals surface area contributed by atoms with E-state index in [0.717, 1.165) is 0 Å². The summed E-state index contributed by atoms with van der Waals surface area (Å²) in [4.78, 5) is 0. The molecule has 1 N–H and O–H groups in total. The Bertz CT molecular complexity index is 83.7. The van der Waals surface area contributed by atoms with Crippen LogP contribution in [0.4, 0.5) is 8.78 Å². The summed E-state index contributed by atoms with van der Waals surface area (Å²) < 4.78 is 23.2. The van der Waals surface area contributed by atoms with Gasteiger partial charge in [0.25, 0.3) is 6.43 Å². The van der Waals surface area contributed by atoms with Gasteiger partial charge in [-0.15, -0.1) is 0 Å². The number of rotatable bonds is 4. The summed E-state index contributed by atoms with van der Waals surface area (Å²) in [5.41, 5.74) is 0. The number of halogens is 2. The molecular weight excluding hydrogens is 136 g/mol. The second-order valence-corrected chi connectivity index (χ2v) is 2.83. The fraction of sp³-hybridized carbons (Fsp3) is 1.00. The van der Waals surface area contributed by atoms with Crippen molar-refractivity contribution in [2.45, 2.75) is 33.2 Å². The minimum atomic E-state index is -2.24. The number of alkyl halides is 2. The van der Waals surface area contributed by atoms with Crippen molar-refractivity contribution < 1.29 is 8.78 Å². The Labute approximate surface area is 60.8 Å². The first-order valence-corrected chi connectivity index (χ1v) is 3.55. The summed E-state index contributed by atoms with van der Waals surface area (Å²) >= 11 is 0. The van der Waals surface area contributed by atoms with Crippen molar-refractivity contribution in [3.63, 3.8) is 0 Å². The first-order valence-electron chi connectivity index (χ1n) is 3.55. The van der Waals surface area contributed by atoms with E-state index in [1.165, 1.54) is 0 Å². The predicted molar refractivity (Wildman–Crippen MR) is 38.3 cm³/mol. The highest BCUT2D eigenvalue weighted by Crippen LogP contribution is 2.00. The molecule has 0 aliphatic carbocycles. The largest absolute Gasteiger partial charge is 0.309 e. The van der Waals surface area contributed by atoms with E-state index in [9.17, 15) is 8.78 Å². The van der Waals surface area contributed by atoms with Crippen LogP contribution in [0.5, 0.6) is 0 Å². The molecule has 0 aromatic carbocycles. The summed E-state index contributed by atoms with van der Waals surface area (Å²) in [6, 6.07) is 0.175. The van der Waals surface area contributed by atoms with Crippen LogP contribution in [0.2, 0.25) is 0 Å². The Morgan fingerprint density at radius 3 is 2.00 bits per heavy atom. The summed E-state index contributed by atoms with van der Waals surface area (Å²) in [5.74, 6) is 0.416. The number of nitrogens with one attached hydrogen (secondary N) is 1. The average Bonchev–Trinajstić information content (AvgIpc) is 1.82. The molecular formula is C7H15F2N. The van der Waals surface area contributed by atoms with Crippen LogP contribution in [0.15, 0.2) is 0 Å². The van der Waals surface area contributed by atoms with Gasteiger partial charge in [0.1, 0.15) is 0 Å². The van der Waals surface area contributed by atoms with Gasteiger partial charge in [0.2, 0.25) is 0 Å². The van der Waals surface area contributed by atoms with Crippen LogP contribution in [-0.4, -0.2) is 19.0 Å². The van der Waals surface area contributed by atoms with Crippen LogP contribution in [-0.2, 0) is 0 Å². The van der Waals surface area contributed by atoms with Crippen molar-refractivity contribution in [3.8, 4) is 0 Å². The van der Waals surface area contributed by atoms with Gasteiger partial charge in [0.15, 0.2) is 0 Å². The molecule has 0 amide bonds. The van der Waals surface area contributed by atoms with E-state index in [1.807, 2.05) is 20.8 Å². The number of hydrogen-bond acceptors (Lipinski definition) is 1. The quantitative estimate of drug-likeness (QED) is 0.647. The molecule has 62 valence electrons. The van der Waals surface area contributed by atoms with E-state index in [4.69, 9.17) is 0 Å². The van der Waals surface area contributed by atoms with Crippen molar-refractivity contribution in [3.05, 3.63) is 0 Å². The highest BCUT2D eigenvalue weighted by atomic mass is 19.3. The fourth-order valence-electron chi connectivity index (χ4n) is 0.511. The first kappa shape index (κ1) is 9.82. The molecule has 1 atom stereocenters. The van der Waals surface area contributed by atoms with Crippen molar-refractivity contribution in [1.82, 2.24) is 5.32 Å². The third-order valence-corrected chi connectivity index (χ3v) is 1.59. The Morgan fingerprint density at radius 2 is 1.70 bits per heavy atom. The molecule has 0 rings (SSSR count). The van der Waals surface area contributed by atoms with E-state index in [1.54, 1.807) is 0 Å². The van der Waals surface area contributed by atoms with Crippen LogP contribution >= 0.6 is 0 Å². The normalized spacial score (nSPS) is 14.7. The lowest BCUT2D eigenvalue weighted by Crippen LogP contribution is -2.34. The maximum absolute atomic E-state index is 11.6. The van der Waals surface area contributed by atoms with Gasteiger partial charge in [-0.1, -0.05) is 13.8 Å². The Hall–Kier alpha value is -0.180. The molecule has 3 heteroatoms. The average molecular weight is 151 g/mol. The molecule has 1 unspecified atom stereocenters. The molecule has 10 heavy (non-hydrogen) atoms. The van der Waals surface area contributed by atoms with Crippen LogP contribution in [0, 0.1) is 5.92 Å². The lowest BCUT2D eigenvalue weighted by molar-refractivity contribution is 0.139. The van der Waals surface area contributed by atoms with Gasteiger partial charge in [0, 0.05) is 6.04 Å². The second-order valence-electron chi connectivity index (χ2n) is 2.83. The van der Waals surface area contributed by atoms with Crippen LogP contribution in [0.3, 0.4) is 0 Å². The molecule has 0 fully saturated rings. The van der Waals surface area contributed by atoms with E-state index in [0.29, 0.717) is 5.92 Å². The molecule has 0 aliphatic heterocycles. The highest BCUT2D eigenvalue weighted by molar-refractivity contribution is 4.64. The second kappa shape index (κ2) is 4.61. The van der Waals surface area contributed by atoms with Gasteiger partial charge in [0.05, 0.1) is 6.54 Å². The Kier molecular flexibility index (Phi) is 4.52. The molecule has 0 saturated carbocycles. The molecule has 0 radical (unpaired) electrons. The van der Waals surface area contributed by atoms with Crippen molar-refractivity contribution in [2.24, 2.45) is 5.92 Å². The third-order valence-electron chi connectivity index (χ3n) is 1.59. The highest BCUT2D eigenvalue weighted by Gasteiger charge is 2.08. The molecule has 0 aromatic heterocycles. The Morgan fingerprint density at radius 1 is 1.20 bits per heavy atom. The minimum absolute atomic E-state index is 0.175.